The summed E-state index contributed by atoms with van der Waals surface area (Å²) in [5, 5.41) is 1.32. The minimum Gasteiger partial charge on any atom is -0.311 e. The number of thiophene rings is 1. The number of anilines is 6. The van der Waals surface area contributed by atoms with Gasteiger partial charge in [0.25, 0.3) is 6.71 Å². The minimum atomic E-state index is 0.0360. The summed E-state index contributed by atoms with van der Waals surface area (Å²) >= 11 is 1.96. The molecule has 0 unspecified atom stereocenters. The lowest BCUT2D eigenvalue weighted by Crippen LogP contribution is -2.60. The van der Waals surface area contributed by atoms with E-state index < -0.39 is 0 Å². The van der Waals surface area contributed by atoms with Crippen molar-refractivity contribution in [3.63, 3.8) is 0 Å². The first-order chi connectivity index (χ1) is 21.5. The molecule has 45 heavy (non-hydrogen) atoms. The Bertz CT molecular complexity index is 2100. The maximum atomic E-state index is 2.54. The minimum absolute atomic E-state index is 0.0360. The largest absolute Gasteiger partial charge is 0.311 e. The van der Waals surface area contributed by atoms with Gasteiger partial charge in [-0.15, -0.1) is 11.3 Å². The summed E-state index contributed by atoms with van der Waals surface area (Å²) in [5.74, 6) is 0. The molecule has 0 saturated heterocycles. The zero-order valence-corrected chi connectivity index (χ0v) is 28.1. The smallest absolute Gasteiger partial charge is 0.264 e. The lowest BCUT2D eigenvalue weighted by molar-refractivity contribution is 0.590. The maximum Gasteiger partial charge on any atom is 0.264 e. The van der Waals surface area contributed by atoms with Crippen LogP contribution in [-0.4, -0.2) is 6.71 Å². The topological polar surface area (TPSA) is 6.48 Å². The van der Waals surface area contributed by atoms with E-state index in [-0.39, 0.29) is 17.5 Å². The molecule has 0 aliphatic carbocycles. The summed E-state index contributed by atoms with van der Waals surface area (Å²) < 4.78 is 2.76. The molecule has 0 N–H and O–H groups in total. The fourth-order valence-electron chi connectivity index (χ4n) is 7.26. The van der Waals surface area contributed by atoms with E-state index in [0.717, 1.165) is 0 Å². The Balaban J connectivity index is 1.48. The number of hydrogen-bond donors (Lipinski definition) is 0. The van der Waals surface area contributed by atoms with Crippen molar-refractivity contribution in [3.05, 3.63) is 126 Å². The molecule has 0 amide bonds. The Morgan fingerprint density at radius 3 is 1.87 bits per heavy atom. The number of aryl methyl sites for hydroxylation is 1. The van der Waals surface area contributed by atoms with Gasteiger partial charge < -0.3 is 9.80 Å². The first-order valence-electron chi connectivity index (χ1n) is 16.1. The van der Waals surface area contributed by atoms with Crippen LogP contribution in [0.4, 0.5) is 34.1 Å². The van der Waals surface area contributed by atoms with E-state index in [1.54, 1.807) is 0 Å². The first kappa shape index (κ1) is 28.2. The first-order valence-corrected chi connectivity index (χ1v) is 16.9. The van der Waals surface area contributed by atoms with E-state index in [1.807, 2.05) is 11.3 Å². The highest BCUT2D eigenvalue weighted by atomic mass is 32.1. The second kappa shape index (κ2) is 9.86. The monoisotopic (exact) mass is 602 g/mol. The fourth-order valence-corrected chi connectivity index (χ4v) is 8.58. The quantitative estimate of drug-likeness (QED) is 0.182. The Hall–Kier alpha value is -4.28. The van der Waals surface area contributed by atoms with Gasteiger partial charge in [0.1, 0.15) is 0 Å². The van der Waals surface area contributed by atoms with Crippen LogP contribution in [0.2, 0.25) is 0 Å². The van der Waals surface area contributed by atoms with Gasteiger partial charge >= 0.3 is 0 Å². The predicted octanol–water partition coefficient (Wildman–Crippen LogP) is 9.89. The molecule has 6 aromatic rings. The maximum absolute atomic E-state index is 2.54. The summed E-state index contributed by atoms with van der Waals surface area (Å²) in [6.07, 6.45) is 0. The normalized spacial score (nSPS) is 14.0. The molecule has 8 rings (SSSR count). The number of nitrogens with zero attached hydrogens (tertiary/aromatic N) is 2. The molecular weight excluding hydrogens is 563 g/mol. The van der Waals surface area contributed by atoms with Crippen molar-refractivity contribution < 1.29 is 0 Å². The van der Waals surface area contributed by atoms with Gasteiger partial charge in [0.2, 0.25) is 0 Å². The van der Waals surface area contributed by atoms with Gasteiger partial charge in [-0.05, 0) is 93.9 Å². The van der Waals surface area contributed by atoms with Crippen molar-refractivity contribution in [1.29, 1.82) is 0 Å². The van der Waals surface area contributed by atoms with Gasteiger partial charge in [-0.25, -0.2) is 0 Å². The number of fused-ring (bicyclic) bond motifs is 6. The second-order valence-electron chi connectivity index (χ2n) is 14.8. The zero-order chi connectivity index (χ0) is 31.2. The lowest BCUT2D eigenvalue weighted by Gasteiger charge is -2.44. The number of hydrogen-bond acceptors (Lipinski definition) is 3. The highest BCUT2D eigenvalue weighted by Crippen LogP contribution is 2.48. The molecule has 0 fully saturated rings. The van der Waals surface area contributed by atoms with Crippen LogP contribution >= 0.6 is 11.3 Å². The van der Waals surface area contributed by atoms with E-state index in [2.05, 4.69) is 167 Å². The molecule has 2 aliphatic rings. The fraction of sp³-hybridized carbons (Fsp3) is 0.220. The molecule has 0 saturated carbocycles. The molecule has 0 atom stereocenters. The van der Waals surface area contributed by atoms with Crippen LogP contribution < -0.4 is 25.5 Å². The van der Waals surface area contributed by atoms with Crippen LogP contribution in [0.1, 0.15) is 58.2 Å². The highest BCUT2D eigenvalue weighted by molar-refractivity contribution is 7.33. The zero-order valence-electron chi connectivity index (χ0n) is 27.3. The molecule has 0 bridgehead atoms. The predicted molar refractivity (Wildman–Crippen MR) is 198 cm³/mol. The van der Waals surface area contributed by atoms with Crippen molar-refractivity contribution >= 4 is 78.0 Å². The summed E-state index contributed by atoms with van der Waals surface area (Å²) in [5.41, 5.74) is 14.4. The summed E-state index contributed by atoms with van der Waals surface area (Å²) in [6.45, 7) is 16.2. The average molecular weight is 603 g/mol. The number of para-hydroxylation sites is 1. The third-order valence-corrected chi connectivity index (χ3v) is 10.8. The highest BCUT2D eigenvalue weighted by Gasteiger charge is 2.45. The van der Waals surface area contributed by atoms with Crippen molar-refractivity contribution in [2.45, 2.75) is 59.3 Å². The molecular formula is C41H39BN2S. The van der Waals surface area contributed by atoms with E-state index in [9.17, 15) is 0 Å². The van der Waals surface area contributed by atoms with Crippen LogP contribution in [0.25, 0.3) is 10.1 Å². The van der Waals surface area contributed by atoms with Crippen molar-refractivity contribution in [2.75, 3.05) is 9.80 Å². The van der Waals surface area contributed by atoms with Gasteiger partial charge in [0.05, 0.1) is 5.69 Å². The van der Waals surface area contributed by atoms with Gasteiger partial charge in [-0.2, -0.15) is 0 Å². The third-order valence-electron chi connectivity index (χ3n) is 9.59. The molecule has 3 heterocycles. The van der Waals surface area contributed by atoms with E-state index >= 15 is 0 Å². The number of benzene rings is 5. The molecule has 0 spiro atoms. The van der Waals surface area contributed by atoms with Crippen LogP contribution in [0.3, 0.4) is 0 Å². The second-order valence-corrected chi connectivity index (χ2v) is 15.9. The van der Waals surface area contributed by atoms with Crippen molar-refractivity contribution in [2.24, 2.45) is 0 Å². The van der Waals surface area contributed by atoms with Crippen molar-refractivity contribution in [3.8, 4) is 0 Å². The van der Waals surface area contributed by atoms with Crippen LogP contribution in [0.15, 0.2) is 109 Å². The molecule has 0 radical (unpaired) electrons. The lowest BCUT2D eigenvalue weighted by atomic mass is 9.36. The molecule has 222 valence electrons. The van der Waals surface area contributed by atoms with Crippen LogP contribution in [0.5, 0.6) is 0 Å². The molecule has 2 nitrogen and oxygen atoms in total. The molecule has 4 heteroatoms. The number of rotatable bonds is 2. The van der Waals surface area contributed by atoms with Gasteiger partial charge in [-0.1, -0.05) is 102 Å². The van der Waals surface area contributed by atoms with Crippen LogP contribution in [-0.2, 0) is 10.8 Å². The Kier molecular flexibility index (Phi) is 6.18. The van der Waals surface area contributed by atoms with E-state index in [0.29, 0.717) is 0 Å². The van der Waals surface area contributed by atoms with E-state index in [4.69, 9.17) is 0 Å². The molecule has 1 aromatic heterocycles. The molecule has 2 aliphatic heterocycles. The SMILES string of the molecule is Cc1cc2c3c(c1)N(c1ccccc1)c1c(sc4ccccc14)B3c1ccc(C(C)(C)C)cc1N2c1ccc(C(C)(C)C)cc1. The van der Waals surface area contributed by atoms with Gasteiger partial charge in [0, 0.05) is 43.3 Å². The Labute approximate surface area is 272 Å². The van der Waals surface area contributed by atoms with Gasteiger partial charge in [0.15, 0.2) is 0 Å². The van der Waals surface area contributed by atoms with Gasteiger partial charge in [-0.3, -0.25) is 0 Å². The summed E-state index contributed by atoms with van der Waals surface area (Å²) in [4.78, 5) is 5.08. The Morgan fingerprint density at radius 1 is 0.578 bits per heavy atom. The summed E-state index contributed by atoms with van der Waals surface area (Å²) in [6, 6.07) is 41.2. The summed E-state index contributed by atoms with van der Waals surface area (Å²) in [7, 11) is 0. The van der Waals surface area contributed by atoms with Crippen LogP contribution in [0, 0.1) is 6.92 Å². The Morgan fingerprint density at radius 2 is 1.18 bits per heavy atom. The molecule has 5 aromatic carbocycles. The standard InChI is InChI=1S/C41H39BN2S/c1-26-23-34-37-35(24-26)44(29-13-9-8-10-14-29)38-31-15-11-12-16-36(31)45-39(38)42(37)32-22-19-28(41(5,6)7)25-33(32)43(34)30-20-17-27(18-21-30)40(2,3)4/h8-25H,1-7H3. The average Bonchev–Trinajstić information content (AvgIpc) is 3.39. The van der Waals surface area contributed by atoms with E-state index in [1.165, 1.54) is 76.6 Å². The third kappa shape index (κ3) is 4.37. The van der Waals surface area contributed by atoms with Crippen molar-refractivity contribution in [1.82, 2.24) is 0 Å².